The van der Waals surface area contributed by atoms with Crippen molar-refractivity contribution in [2.75, 3.05) is 18.6 Å². The first kappa shape index (κ1) is 16.0. The van der Waals surface area contributed by atoms with Crippen LogP contribution in [0.4, 0.5) is 0 Å². The van der Waals surface area contributed by atoms with Crippen LogP contribution >= 0.6 is 0 Å². The van der Waals surface area contributed by atoms with Crippen LogP contribution in [0, 0.1) is 11.3 Å². The third-order valence-electron chi connectivity index (χ3n) is 3.34. The molecule has 1 amide bonds. The monoisotopic (exact) mass is 320 g/mol. The van der Waals surface area contributed by atoms with Gasteiger partial charge >= 0.3 is 0 Å². The highest BCUT2D eigenvalue weighted by molar-refractivity contribution is 7.91. The van der Waals surface area contributed by atoms with Gasteiger partial charge in [-0.05, 0) is 30.2 Å². The Hall–Kier alpha value is -2.33. The fourth-order valence-electron chi connectivity index (χ4n) is 2.22. The van der Waals surface area contributed by atoms with Crippen molar-refractivity contribution in [3.05, 3.63) is 35.4 Å². The predicted molar refractivity (Wildman–Crippen MR) is 81.8 cm³/mol. The number of nitrogens with zero attached hydrogens (tertiary/aromatic N) is 1. The van der Waals surface area contributed by atoms with Gasteiger partial charge in [0.1, 0.15) is 17.4 Å². The Balaban J connectivity index is 2.12. The summed E-state index contributed by atoms with van der Waals surface area (Å²) in [4.78, 5) is 12.1. The average Bonchev–Trinajstić information content (AvgIpc) is 2.83. The van der Waals surface area contributed by atoms with Crippen LogP contribution in [0.2, 0.25) is 0 Å². The molecule has 1 unspecified atom stereocenters. The van der Waals surface area contributed by atoms with E-state index in [-0.39, 0.29) is 17.1 Å². The smallest absolute Gasteiger partial charge is 0.262 e. The summed E-state index contributed by atoms with van der Waals surface area (Å²) < 4.78 is 27.8. The summed E-state index contributed by atoms with van der Waals surface area (Å²) in [5.41, 5.74) is 0.586. The van der Waals surface area contributed by atoms with E-state index in [1.807, 2.05) is 6.07 Å². The average molecular weight is 320 g/mol. The second kappa shape index (κ2) is 6.62. The highest BCUT2D eigenvalue weighted by Gasteiger charge is 2.29. The first-order chi connectivity index (χ1) is 10.4. The maximum absolute atomic E-state index is 12.1. The third kappa shape index (κ3) is 4.09. The lowest BCUT2D eigenvalue weighted by atomic mass is 10.1. The zero-order valence-corrected chi connectivity index (χ0v) is 12.9. The summed E-state index contributed by atoms with van der Waals surface area (Å²) in [6, 6.07) is 8.36. The molecule has 0 radical (unpaired) electrons. The molecule has 1 aliphatic rings. The summed E-state index contributed by atoms with van der Waals surface area (Å²) in [5.74, 6) is 0.0523. The Bertz CT molecular complexity index is 747. The van der Waals surface area contributed by atoms with E-state index in [0.29, 0.717) is 17.7 Å². The van der Waals surface area contributed by atoms with Crippen LogP contribution in [0.15, 0.2) is 29.8 Å². The van der Waals surface area contributed by atoms with E-state index in [1.54, 1.807) is 24.3 Å². The minimum atomic E-state index is -3.08. The van der Waals surface area contributed by atoms with Crippen LogP contribution in [-0.2, 0) is 14.6 Å². The van der Waals surface area contributed by atoms with Crippen molar-refractivity contribution in [3.8, 4) is 11.8 Å². The maximum Gasteiger partial charge on any atom is 0.262 e. The van der Waals surface area contributed by atoms with Gasteiger partial charge in [0.15, 0.2) is 9.84 Å². The summed E-state index contributed by atoms with van der Waals surface area (Å²) in [6.07, 6.45) is 1.83. The fourth-order valence-corrected chi connectivity index (χ4v) is 3.89. The van der Waals surface area contributed by atoms with E-state index < -0.39 is 21.8 Å². The molecule has 1 aliphatic heterocycles. The van der Waals surface area contributed by atoms with Gasteiger partial charge < -0.3 is 10.1 Å². The number of hydrogen-bond donors (Lipinski definition) is 1. The molecule has 1 heterocycles. The summed E-state index contributed by atoms with van der Waals surface area (Å²) in [5, 5.41) is 11.7. The van der Waals surface area contributed by atoms with E-state index >= 15 is 0 Å². The molecule has 6 nitrogen and oxygen atoms in total. The minimum Gasteiger partial charge on any atom is -0.497 e. The topological polar surface area (TPSA) is 96.3 Å². The summed E-state index contributed by atoms with van der Waals surface area (Å²) >= 11 is 0. The van der Waals surface area contributed by atoms with Crippen LogP contribution in [0.1, 0.15) is 12.0 Å². The number of methoxy groups -OCH3 is 1. The molecule has 22 heavy (non-hydrogen) atoms. The van der Waals surface area contributed by atoms with Gasteiger partial charge in [-0.3, -0.25) is 4.79 Å². The Kier molecular flexibility index (Phi) is 4.83. The van der Waals surface area contributed by atoms with Crippen molar-refractivity contribution in [2.45, 2.75) is 12.5 Å². The molecule has 1 fully saturated rings. The van der Waals surface area contributed by atoms with Crippen molar-refractivity contribution in [3.63, 3.8) is 0 Å². The largest absolute Gasteiger partial charge is 0.497 e. The normalized spacial score (nSPS) is 20.2. The first-order valence-electron chi connectivity index (χ1n) is 6.70. The molecule has 1 aromatic carbocycles. The second-order valence-electron chi connectivity index (χ2n) is 5.02. The molecule has 0 aliphatic carbocycles. The number of sulfone groups is 1. The lowest BCUT2D eigenvalue weighted by Crippen LogP contribution is -2.36. The van der Waals surface area contributed by atoms with E-state index in [0.717, 1.165) is 0 Å². The molecular formula is C15H16N2O4S. The molecule has 7 heteroatoms. The van der Waals surface area contributed by atoms with Crippen LogP contribution < -0.4 is 10.1 Å². The highest BCUT2D eigenvalue weighted by Crippen LogP contribution is 2.16. The van der Waals surface area contributed by atoms with E-state index in [4.69, 9.17) is 10.00 Å². The number of ether oxygens (including phenoxy) is 1. The molecule has 116 valence electrons. The Morgan fingerprint density at radius 1 is 1.50 bits per heavy atom. The molecule has 0 bridgehead atoms. The van der Waals surface area contributed by atoms with Crippen molar-refractivity contribution in [2.24, 2.45) is 0 Å². The predicted octanol–water partition coefficient (Wildman–Crippen LogP) is 0.905. The van der Waals surface area contributed by atoms with Crippen LogP contribution in [0.25, 0.3) is 6.08 Å². The van der Waals surface area contributed by atoms with Crippen molar-refractivity contribution in [1.29, 1.82) is 5.26 Å². The van der Waals surface area contributed by atoms with Crippen LogP contribution in [0.3, 0.4) is 0 Å². The summed E-state index contributed by atoms with van der Waals surface area (Å²) in [6.45, 7) is 0. The lowest BCUT2D eigenvalue weighted by molar-refractivity contribution is -0.117. The van der Waals surface area contributed by atoms with Gasteiger partial charge in [-0.1, -0.05) is 12.1 Å². The molecule has 1 N–H and O–H groups in total. The Labute approximate surface area is 129 Å². The van der Waals surface area contributed by atoms with Crippen LogP contribution in [0.5, 0.6) is 5.75 Å². The van der Waals surface area contributed by atoms with Gasteiger partial charge in [-0.25, -0.2) is 8.42 Å². The zero-order chi connectivity index (χ0) is 16.2. The highest BCUT2D eigenvalue weighted by atomic mass is 32.2. The number of hydrogen-bond acceptors (Lipinski definition) is 5. The number of carbonyl (C=O) groups is 1. The van der Waals surface area contributed by atoms with Gasteiger partial charge in [0.05, 0.1) is 18.6 Å². The summed E-state index contributed by atoms with van der Waals surface area (Å²) in [7, 11) is -1.55. The van der Waals surface area contributed by atoms with Crippen molar-refractivity contribution in [1.82, 2.24) is 5.32 Å². The molecule has 0 saturated carbocycles. The molecular weight excluding hydrogens is 304 g/mol. The first-order valence-corrected chi connectivity index (χ1v) is 8.53. The number of nitrogens with one attached hydrogen (secondary N) is 1. The fraction of sp³-hybridized carbons (Fsp3) is 0.333. The third-order valence-corrected chi connectivity index (χ3v) is 5.11. The number of amides is 1. The number of carbonyl (C=O) groups excluding carboxylic acids is 1. The number of benzene rings is 1. The molecule has 1 aromatic rings. The Morgan fingerprint density at radius 2 is 2.27 bits per heavy atom. The molecule has 0 aromatic heterocycles. The van der Waals surface area contributed by atoms with Gasteiger partial charge in [0.2, 0.25) is 0 Å². The molecule has 0 spiro atoms. The molecule has 1 saturated heterocycles. The SMILES string of the molecule is COc1cccc(C=C(C#N)C(=O)NC2CCS(=O)(=O)C2)c1. The number of nitriles is 1. The van der Waals surface area contributed by atoms with Gasteiger partial charge in [0, 0.05) is 6.04 Å². The van der Waals surface area contributed by atoms with Crippen molar-refractivity contribution >= 4 is 21.8 Å². The minimum absolute atomic E-state index is 0.0689. The van der Waals surface area contributed by atoms with Gasteiger partial charge in [-0.2, -0.15) is 5.26 Å². The van der Waals surface area contributed by atoms with Crippen LogP contribution in [-0.4, -0.2) is 39.0 Å². The van der Waals surface area contributed by atoms with E-state index in [2.05, 4.69) is 5.32 Å². The standard InChI is InChI=1S/C15H16N2O4S/c1-21-14-4-2-3-11(8-14)7-12(9-16)15(18)17-13-5-6-22(19,20)10-13/h2-4,7-8,13H,5-6,10H2,1H3,(H,17,18). The zero-order valence-electron chi connectivity index (χ0n) is 12.1. The molecule has 1 atom stereocenters. The lowest BCUT2D eigenvalue weighted by Gasteiger charge is -2.10. The van der Waals surface area contributed by atoms with Crippen molar-refractivity contribution < 1.29 is 17.9 Å². The maximum atomic E-state index is 12.1. The Morgan fingerprint density at radius 3 is 2.86 bits per heavy atom. The number of rotatable bonds is 4. The van der Waals surface area contributed by atoms with E-state index in [1.165, 1.54) is 13.2 Å². The quantitative estimate of drug-likeness (QED) is 0.657. The second-order valence-corrected chi connectivity index (χ2v) is 7.25. The molecule has 2 rings (SSSR count). The van der Waals surface area contributed by atoms with Gasteiger partial charge in [0.25, 0.3) is 5.91 Å². The van der Waals surface area contributed by atoms with E-state index in [9.17, 15) is 13.2 Å². The van der Waals surface area contributed by atoms with Gasteiger partial charge in [-0.15, -0.1) is 0 Å².